The van der Waals surface area contributed by atoms with Crippen LogP contribution in [-0.4, -0.2) is 11.5 Å². The molecule has 0 saturated carbocycles. The fourth-order valence-corrected chi connectivity index (χ4v) is 1.19. The van der Waals surface area contributed by atoms with Gasteiger partial charge in [0.1, 0.15) is 5.52 Å². The molecular formula is C10H9ClN2O. The van der Waals surface area contributed by atoms with E-state index in [-0.39, 0.29) is 0 Å². The molecule has 72 valence electrons. The van der Waals surface area contributed by atoms with Gasteiger partial charge < -0.3 is 9.73 Å². The summed E-state index contributed by atoms with van der Waals surface area (Å²) in [7, 11) is 0. The molecule has 14 heavy (non-hydrogen) atoms. The quantitative estimate of drug-likeness (QED) is 0.843. The number of anilines is 1. The number of benzene rings is 1. The van der Waals surface area contributed by atoms with E-state index in [1.54, 1.807) is 0 Å². The van der Waals surface area contributed by atoms with Crippen molar-refractivity contribution in [2.24, 2.45) is 0 Å². The Bertz CT molecular complexity index is 431. The highest BCUT2D eigenvalue weighted by molar-refractivity contribution is 6.29. The first-order valence-corrected chi connectivity index (χ1v) is 4.56. The molecule has 1 heterocycles. The zero-order valence-corrected chi connectivity index (χ0v) is 8.21. The highest BCUT2D eigenvalue weighted by Gasteiger charge is 2.03. The van der Waals surface area contributed by atoms with E-state index < -0.39 is 0 Å². The van der Waals surface area contributed by atoms with E-state index >= 15 is 0 Å². The Labute approximate surface area is 86.4 Å². The highest BCUT2D eigenvalue weighted by Crippen LogP contribution is 2.18. The average Bonchev–Trinajstić information content (AvgIpc) is 2.57. The summed E-state index contributed by atoms with van der Waals surface area (Å²) in [5, 5.41) is 3.44. The van der Waals surface area contributed by atoms with Crippen LogP contribution in [0.4, 0.5) is 6.01 Å². The number of nitrogens with zero attached hydrogens (tertiary/aromatic N) is 1. The molecule has 1 N–H and O–H groups in total. The molecule has 0 radical (unpaired) electrons. The van der Waals surface area contributed by atoms with E-state index in [0.717, 1.165) is 11.1 Å². The van der Waals surface area contributed by atoms with Crippen LogP contribution in [0.3, 0.4) is 0 Å². The van der Waals surface area contributed by atoms with E-state index in [4.69, 9.17) is 16.0 Å². The van der Waals surface area contributed by atoms with Crippen molar-refractivity contribution in [1.29, 1.82) is 0 Å². The van der Waals surface area contributed by atoms with Gasteiger partial charge in [-0.15, -0.1) is 0 Å². The second-order valence-corrected chi connectivity index (χ2v) is 3.39. The van der Waals surface area contributed by atoms with Gasteiger partial charge in [-0.1, -0.05) is 30.3 Å². The van der Waals surface area contributed by atoms with E-state index in [1.807, 2.05) is 24.3 Å². The number of aromatic nitrogens is 1. The Hall–Kier alpha value is -1.48. The van der Waals surface area contributed by atoms with Crippen LogP contribution in [0, 0.1) is 0 Å². The molecule has 0 bridgehead atoms. The fourth-order valence-electron chi connectivity index (χ4n) is 1.12. The first-order valence-electron chi connectivity index (χ1n) is 4.18. The summed E-state index contributed by atoms with van der Waals surface area (Å²) in [5.74, 6) is 0. The predicted molar refractivity (Wildman–Crippen MR) is 57.5 cm³/mol. The van der Waals surface area contributed by atoms with Crippen LogP contribution < -0.4 is 5.32 Å². The van der Waals surface area contributed by atoms with E-state index in [9.17, 15) is 0 Å². The van der Waals surface area contributed by atoms with Gasteiger partial charge in [0.2, 0.25) is 0 Å². The summed E-state index contributed by atoms with van der Waals surface area (Å²) in [5.41, 5.74) is 1.59. The molecule has 0 aliphatic heterocycles. The molecule has 2 aromatic rings. The van der Waals surface area contributed by atoms with Crippen molar-refractivity contribution >= 4 is 28.7 Å². The van der Waals surface area contributed by atoms with Gasteiger partial charge in [-0.2, -0.15) is 4.98 Å². The molecule has 0 amide bonds. The summed E-state index contributed by atoms with van der Waals surface area (Å²) in [6, 6.07) is 8.03. The zero-order chi connectivity index (χ0) is 9.97. The highest BCUT2D eigenvalue weighted by atomic mass is 35.5. The number of para-hydroxylation sites is 2. The molecular weight excluding hydrogens is 200 g/mol. The molecule has 0 fully saturated rings. The maximum Gasteiger partial charge on any atom is 0.295 e. The van der Waals surface area contributed by atoms with Gasteiger partial charge in [-0.3, -0.25) is 0 Å². The van der Waals surface area contributed by atoms with Crippen LogP contribution in [0.25, 0.3) is 11.1 Å². The molecule has 0 unspecified atom stereocenters. The lowest BCUT2D eigenvalue weighted by atomic mass is 10.3. The largest absolute Gasteiger partial charge is 0.424 e. The van der Waals surface area contributed by atoms with Crippen molar-refractivity contribution in [3.8, 4) is 0 Å². The Kier molecular flexibility index (Phi) is 2.41. The van der Waals surface area contributed by atoms with Crippen molar-refractivity contribution < 1.29 is 4.42 Å². The Morgan fingerprint density at radius 1 is 1.50 bits per heavy atom. The summed E-state index contributed by atoms with van der Waals surface area (Å²) >= 11 is 5.60. The van der Waals surface area contributed by atoms with E-state index in [1.165, 1.54) is 0 Å². The lowest BCUT2D eigenvalue weighted by Crippen LogP contribution is -2.00. The van der Waals surface area contributed by atoms with Gasteiger partial charge in [-0.25, -0.2) is 0 Å². The van der Waals surface area contributed by atoms with E-state index in [2.05, 4.69) is 16.9 Å². The van der Waals surface area contributed by atoms with Crippen molar-refractivity contribution in [2.75, 3.05) is 11.9 Å². The maximum atomic E-state index is 5.60. The monoisotopic (exact) mass is 208 g/mol. The molecule has 1 aromatic heterocycles. The number of rotatable bonds is 3. The summed E-state index contributed by atoms with van der Waals surface area (Å²) in [4.78, 5) is 4.21. The molecule has 1 aromatic carbocycles. The van der Waals surface area contributed by atoms with Crippen LogP contribution in [0.5, 0.6) is 0 Å². The third kappa shape index (κ3) is 1.88. The second-order valence-electron chi connectivity index (χ2n) is 2.86. The van der Waals surface area contributed by atoms with Crippen molar-refractivity contribution in [3.05, 3.63) is 35.9 Å². The van der Waals surface area contributed by atoms with Crippen LogP contribution in [0.2, 0.25) is 0 Å². The van der Waals surface area contributed by atoms with Gasteiger partial charge in [0.25, 0.3) is 6.01 Å². The first kappa shape index (κ1) is 9.09. The first-order chi connectivity index (χ1) is 6.75. The SMILES string of the molecule is C=C(Cl)CNc1nc2ccccc2o1. The molecule has 2 rings (SSSR count). The van der Waals surface area contributed by atoms with Gasteiger partial charge in [0, 0.05) is 5.03 Å². The number of nitrogens with one attached hydrogen (secondary N) is 1. The average molecular weight is 209 g/mol. The standard InChI is InChI=1S/C10H9ClN2O/c1-7(11)6-12-10-13-8-4-2-3-5-9(8)14-10/h2-5H,1,6H2,(H,12,13). The van der Waals surface area contributed by atoms with Crippen LogP contribution in [0.1, 0.15) is 0 Å². The van der Waals surface area contributed by atoms with Gasteiger partial charge in [0.05, 0.1) is 6.54 Å². The molecule has 0 saturated heterocycles. The summed E-state index contributed by atoms with van der Waals surface area (Å²) in [6.07, 6.45) is 0. The zero-order valence-electron chi connectivity index (χ0n) is 7.46. The minimum Gasteiger partial charge on any atom is -0.424 e. The second kappa shape index (κ2) is 3.72. The normalized spacial score (nSPS) is 10.4. The Morgan fingerprint density at radius 2 is 2.29 bits per heavy atom. The van der Waals surface area contributed by atoms with Gasteiger partial charge in [0.15, 0.2) is 5.58 Å². The minimum atomic E-state index is 0.453. The van der Waals surface area contributed by atoms with E-state index in [0.29, 0.717) is 17.6 Å². The smallest absolute Gasteiger partial charge is 0.295 e. The third-order valence-electron chi connectivity index (χ3n) is 1.73. The van der Waals surface area contributed by atoms with Gasteiger partial charge >= 0.3 is 0 Å². The third-order valence-corrected chi connectivity index (χ3v) is 1.86. The summed E-state index contributed by atoms with van der Waals surface area (Å²) in [6.45, 7) is 4.01. The van der Waals surface area contributed by atoms with Crippen LogP contribution in [-0.2, 0) is 0 Å². The molecule has 3 nitrogen and oxygen atoms in total. The lowest BCUT2D eigenvalue weighted by molar-refractivity contribution is 0.618. The number of hydrogen-bond acceptors (Lipinski definition) is 3. The number of fused-ring (bicyclic) bond motifs is 1. The van der Waals surface area contributed by atoms with Crippen molar-refractivity contribution in [2.45, 2.75) is 0 Å². The van der Waals surface area contributed by atoms with Gasteiger partial charge in [-0.05, 0) is 12.1 Å². The Balaban J connectivity index is 2.22. The van der Waals surface area contributed by atoms with Crippen molar-refractivity contribution in [1.82, 2.24) is 4.98 Å². The summed E-state index contributed by atoms with van der Waals surface area (Å²) < 4.78 is 5.40. The number of hydrogen-bond donors (Lipinski definition) is 1. The molecule has 4 heteroatoms. The van der Waals surface area contributed by atoms with Crippen LogP contribution >= 0.6 is 11.6 Å². The Morgan fingerprint density at radius 3 is 3.00 bits per heavy atom. The molecule has 0 atom stereocenters. The number of halogens is 1. The van der Waals surface area contributed by atoms with Crippen LogP contribution in [0.15, 0.2) is 40.3 Å². The minimum absolute atomic E-state index is 0.453. The fraction of sp³-hybridized carbons (Fsp3) is 0.100. The lowest BCUT2D eigenvalue weighted by Gasteiger charge is -1.96. The number of oxazole rings is 1. The molecule has 0 aliphatic rings. The topological polar surface area (TPSA) is 38.1 Å². The molecule has 0 aliphatic carbocycles. The predicted octanol–water partition coefficient (Wildman–Crippen LogP) is 2.99. The molecule has 0 spiro atoms. The van der Waals surface area contributed by atoms with Crippen molar-refractivity contribution in [3.63, 3.8) is 0 Å². The maximum absolute atomic E-state index is 5.60.